The lowest BCUT2D eigenvalue weighted by Gasteiger charge is -2.12. The third-order valence-electron chi connectivity index (χ3n) is 3.25. The van der Waals surface area contributed by atoms with E-state index in [1.165, 1.54) is 0 Å². The number of pyridine rings is 1. The summed E-state index contributed by atoms with van der Waals surface area (Å²) in [6, 6.07) is 3.58. The highest BCUT2D eigenvalue weighted by atomic mass is 19.1. The Morgan fingerprint density at radius 3 is 2.60 bits per heavy atom. The molecular formula is C15H21FN4. The zero-order chi connectivity index (χ0) is 14.7. The van der Waals surface area contributed by atoms with Crippen LogP contribution in [-0.4, -0.2) is 21.3 Å². The van der Waals surface area contributed by atoms with E-state index in [0.717, 1.165) is 17.8 Å². The summed E-state index contributed by atoms with van der Waals surface area (Å²) in [6.45, 7) is 9.54. The highest BCUT2D eigenvalue weighted by Gasteiger charge is 2.18. The van der Waals surface area contributed by atoms with Gasteiger partial charge in [0, 0.05) is 18.7 Å². The largest absolute Gasteiger partial charge is 0.370 e. The third-order valence-corrected chi connectivity index (χ3v) is 3.25. The lowest BCUT2D eigenvalue weighted by molar-refractivity contribution is 0.583. The molecule has 0 spiro atoms. The van der Waals surface area contributed by atoms with Gasteiger partial charge in [0.15, 0.2) is 0 Å². The Hall–Kier alpha value is -1.91. The van der Waals surface area contributed by atoms with Gasteiger partial charge in [-0.1, -0.05) is 13.8 Å². The van der Waals surface area contributed by atoms with Crippen molar-refractivity contribution < 1.29 is 4.39 Å². The van der Waals surface area contributed by atoms with Crippen LogP contribution in [0.3, 0.4) is 0 Å². The molecule has 0 aromatic carbocycles. The molecule has 2 rings (SSSR count). The summed E-state index contributed by atoms with van der Waals surface area (Å²) >= 11 is 0. The molecule has 0 aliphatic heterocycles. The fraction of sp³-hybridized carbons (Fsp3) is 0.467. The van der Waals surface area contributed by atoms with Crippen molar-refractivity contribution in [1.82, 2.24) is 14.8 Å². The lowest BCUT2D eigenvalue weighted by Crippen LogP contribution is -2.05. The van der Waals surface area contributed by atoms with Gasteiger partial charge in [0.25, 0.3) is 0 Å². The number of nitrogens with zero attached hydrogens (tertiary/aromatic N) is 3. The monoisotopic (exact) mass is 276 g/mol. The second kappa shape index (κ2) is 6.03. The minimum Gasteiger partial charge on any atom is -0.370 e. The zero-order valence-corrected chi connectivity index (χ0v) is 12.4. The normalized spacial score (nSPS) is 11.1. The molecule has 0 unspecified atom stereocenters. The molecular weight excluding hydrogens is 255 g/mol. The van der Waals surface area contributed by atoms with Crippen LogP contribution in [0.2, 0.25) is 0 Å². The zero-order valence-electron chi connectivity index (χ0n) is 12.4. The Morgan fingerprint density at radius 2 is 2.05 bits per heavy atom. The predicted molar refractivity (Wildman–Crippen MR) is 79.3 cm³/mol. The van der Waals surface area contributed by atoms with E-state index >= 15 is 0 Å². The minimum atomic E-state index is -0.458. The van der Waals surface area contributed by atoms with Crippen molar-refractivity contribution >= 4 is 5.82 Å². The van der Waals surface area contributed by atoms with Crippen LogP contribution in [0.5, 0.6) is 0 Å². The maximum atomic E-state index is 14.3. The number of hydrogen-bond donors (Lipinski definition) is 1. The molecule has 4 nitrogen and oxygen atoms in total. The molecule has 2 aromatic rings. The van der Waals surface area contributed by atoms with Crippen molar-refractivity contribution in [3.8, 4) is 11.3 Å². The second-order valence-electron chi connectivity index (χ2n) is 4.98. The van der Waals surface area contributed by atoms with Gasteiger partial charge in [-0.15, -0.1) is 0 Å². The van der Waals surface area contributed by atoms with Crippen LogP contribution >= 0.6 is 0 Å². The van der Waals surface area contributed by atoms with Crippen molar-refractivity contribution in [2.45, 2.75) is 40.2 Å². The van der Waals surface area contributed by atoms with Gasteiger partial charge in [-0.2, -0.15) is 9.49 Å². The van der Waals surface area contributed by atoms with E-state index in [-0.39, 0.29) is 5.92 Å². The fourth-order valence-corrected chi connectivity index (χ4v) is 2.25. The van der Waals surface area contributed by atoms with Crippen molar-refractivity contribution in [1.29, 1.82) is 0 Å². The number of aryl methyl sites for hydroxylation is 1. The average Bonchev–Trinajstić information content (AvgIpc) is 2.83. The molecule has 0 aliphatic carbocycles. The Balaban J connectivity index is 2.53. The lowest BCUT2D eigenvalue weighted by atomic mass is 10.0. The Morgan fingerprint density at radius 1 is 1.30 bits per heavy atom. The summed E-state index contributed by atoms with van der Waals surface area (Å²) in [5.41, 5.74) is 2.38. The van der Waals surface area contributed by atoms with Gasteiger partial charge in [0.1, 0.15) is 5.82 Å². The third kappa shape index (κ3) is 2.66. The molecule has 1 N–H and O–H groups in total. The maximum absolute atomic E-state index is 14.3. The Labute approximate surface area is 119 Å². The van der Waals surface area contributed by atoms with Crippen LogP contribution in [0.15, 0.2) is 18.3 Å². The molecule has 5 heteroatoms. The minimum absolute atomic E-state index is 0.290. The fourth-order valence-electron chi connectivity index (χ4n) is 2.25. The summed E-state index contributed by atoms with van der Waals surface area (Å²) in [6.07, 6.45) is 1.82. The molecule has 2 heterocycles. The van der Waals surface area contributed by atoms with Gasteiger partial charge in [-0.3, -0.25) is 4.68 Å². The summed E-state index contributed by atoms with van der Waals surface area (Å²) in [5, 5.41) is 7.35. The Kier molecular flexibility index (Phi) is 4.37. The van der Waals surface area contributed by atoms with E-state index in [4.69, 9.17) is 0 Å². The highest BCUT2D eigenvalue weighted by Crippen LogP contribution is 2.31. The first kappa shape index (κ1) is 14.5. The SMILES string of the molecule is CCNc1ccc(-c2c(C(C)C)cnn2CC)c(F)n1. The van der Waals surface area contributed by atoms with Crippen LogP contribution in [0, 0.1) is 5.95 Å². The van der Waals surface area contributed by atoms with E-state index in [0.29, 0.717) is 17.9 Å². The van der Waals surface area contributed by atoms with Gasteiger partial charge < -0.3 is 5.32 Å². The topological polar surface area (TPSA) is 42.7 Å². The molecule has 20 heavy (non-hydrogen) atoms. The predicted octanol–water partition coefficient (Wildman–Crippen LogP) is 3.66. The molecule has 0 saturated carbocycles. The molecule has 0 amide bonds. The molecule has 0 radical (unpaired) electrons. The van der Waals surface area contributed by atoms with E-state index in [1.807, 2.05) is 24.7 Å². The highest BCUT2D eigenvalue weighted by molar-refractivity contribution is 5.65. The first-order chi connectivity index (χ1) is 9.58. The molecule has 0 atom stereocenters. The number of nitrogens with one attached hydrogen (secondary N) is 1. The second-order valence-corrected chi connectivity index (χ2v) is 4.98. The van der Waals surface area contributed by atoms with Crippen molar-refractivity contribution in [3.05, 3.63) is 29.8 Å². The summed E-state index contributed by atoms with van der Waals surface area (Å²) in [4.78, 5) is 3.98. The summed E-state index contributed by atoms with van der Waals surface area (Å²) in [5.74, 6) is 0.390. The number of halogens is 1. The number of aromatic nitrogens is 3. The van der Waals surface area contributed by atoms with Crippen molar-refractivity contribution in [2.75, 3.05) is 11.9 Å². The molecule has 2 aromatic heterocycles. The molecule has 108 valence electrons. The Bertz CT molecular complexity index is 590. The summed E-state index contributed by atoms with van der Waals surface area (Å²) in [7, 11) is 0. The van der Waals surface area contributed by atoms with Gasteiger partial charge in [0.2, 0.25) is 5.95 Å². The van der Waals surface area contributed by atoms with E-state index in [9.17, 15) is 4.39 Å². The smallest absolute Gasteiger partial charge is 0.224 e. The van der Waals surface area contributed by atoms with Crippen LogP contribution < -0.4 is 5.32 Å². The van der Waals surface area contributed by atoms with Gasteiger partial charge >= 0.3 is 0 Å². The van der Waals surface area contributed by atoms with Gasteiger partial charge in [0.05, 0.1) is 17.5 Å². The number of anilines is 1. The van der Waals surface area contributed by atoms with E-state index in [1.54, 1.807) is 12.1 Å². The van der Waals surface area contributed by atoms with E-state index in [2.05, 4.69) is 29.2 Å². The van der Waals surface area contributed by atoms with E-state index < -0.39 is 5.95 Å². The number of rotatable bonds is 5. The molecule has 0 fully saturated rings. The maximum Gasteiger partial charge on any atom is 0.224 e. The quantitative estimate of drug-likeness (QED) is 0.847. The summed E-state index contributed by atoms with van der Waals surface area (Å²) < 4.78 is 16.1. The van der Waals surface area contributed by atoms with Gasteiger partial charge in [-0.25, -0.2) is 4.98 Å². The van der Waals surface area contributed by atoms with Crippen LogP contribution in [0.1, 0.15) is 39.2 Å². The van der Waals surface area contributed by atoms with Crippen molar-refractivity contribution in [3.63, 3.8) is 0 Å². The van der Waals surface area contributed by atoms with Crippen LogP contribution in [0.4, 0.5) is 10.2 Å². The van der Waals surface area contributed by atoms with Gasteiger partial charge in [-0.05, 0) is 31.9 Å². The van der Waals surface area contributed by atoms with Crippen LogP contribution in [-0.2, 0) is 6.54 Å². The molecule has 0 saturated heterocycles. The standard InChI is InChI=1S/C15H21FN4/c1-5-17-13-8-7-11(15(16)19-13)14-12(10(3)4)9-18-20(14)6-2/h7-10H,5-6H2,1-4H3,(H,17,19). The molecule has 0 bridgehead atoms. The average molecular weight is 276 g/mol. The first-order valence-electron chi connectivity index (χ1n) is 7.04. The first-order valence-corrected chi connectivity index (χ1v) is 7.04. The van der Waals surface area contributed by atoms with Crippen LogP contribution in [0.25, 0.3) is 11.3 Å². The molecule has 0 aliphatic rings. The number of hydrogen-bond acceptors (Lipinski definition) is 3. The van der Waals surface area contributed by atoms with Crippen molar-refractivity contribution in [2.24, 2.45) is 0 Å².